The first-order valence-electron chi connectivity index (χ1n) is 18.1. The number of fused-ring (bicyclic) bond motifs is 5. The van der Waals surface area contributed by atoms with E-state index < -0.39 is 0 Å². The minimum absolute atomic E-state index is 0.646. The monoisotopic (exact) mass is 685 g/mol. The SMILES string of the molecule is [C-]#[N+]c1ccc(-c2ccc(-c3ccc(-c4nc5ccccc5nc4-c4cccc(-c5cc6ccccc6c6ccccc56)c4)c4ccccc34)cc2)cc1. The van der Waals surface area contributed by atoms with E-state index in [-0.39, 0.29) is 0 Å². The van der Waals surface area contributed by atoms with Crippen LogP contribution in [-0.4, -0.2) is 9.97 Å². The smallest absolute Gasteiger partial charge is 0.187 e. The van der Waals surface area contributed by atoms with Crippen molar-refractivity contribution in [1.82, 2.24) is 9.97 Å². The van der Waals surface area contributed by atoms with Crippen LogP contribution in [0.4, 0.5) is 5.69 Å². The highest BCUT2D eigenvalue weighted by atomic mass is 14.8. The van der Waals surface area contributed by atoms with Crippen LogP contribution in [0.25, 0.3) is 104 Å². The van der Waals surface area contributed by atoms with Crippen molar-refractivity contribution in [3.63, 3.8) is 0 Å². The van der Waals surface area contributed by atoms with Crippen LogP contribution in [0.5, 0.6) is 0 Å². The Kier molecular flexibility index (Phi) is 7.53. The number of hydrogen-bond donors (Lipinski definition) is 0. The Labute approximate surface area is 313 Å². The Bertz CT molecular complexity index is 3100. The molecule has 0 unspecified atom stereocenters. The Balaban J connectivity index is 1.13. The number of hydrogen-bond acceptors (Lipinski definition) is 2. The lowest BCUT2D eigenvalue weighted by atomic mass is 9.90. The predicted octanol–water partition coefficient (Wildman–Crippen LogP) is 14.0. The second-order valence-corrected chi connectivity index (χ2v) is 13.6. The molecule has 10 rings (SSSR count). The summed E-state index contributed by atoms with van der Waals surface area (Å²) in [6.45, 7) is 7.27. The van der Waals surface area contributed by atoms with E-state index >= 15 is 0 Å². The van der Waals surface area contributed by atoms with E-state index in [9.17, 15) is 0 Å². The van der Waals surface area contributed by atoms with Gasteiger partial charge in [0.05, 0.1) is 29.0 Å². The second-order valence-electron chi connectivity index (χ2n) is 13.6. The Morgan fingerprint density at radius 3 is 1.56 bits per heavy atom. The summed E-state index contributed by atoms with van der Waals surface area (Å²) < 4.78 is 0. The Hall–Kier alpha value is -7.41. The van der Waals surface area contributed by atoms with Gasteiger partial charge in [-0.15, -0.1) is 0 Å². The summed E-state index contributed by atoms with van der Waals surface area (Å²) in [7, 11) is 0. The molecular weight excluding hydrogens is 655 g/mol. The first-order valence-corrected chi connectivity index (χ1v) is 18.1. The molecule has 54 heavy (non-hydrogen) atoms. The normalized spacial score (nSPS) is 11.3. The molecule has 0 bridgehead atoms. The van der Waals surface area contributed by atoms with Crippen LogP contribution in [0.1, 0.15) is 0 Å². The van der Waals surface area contributed by atoms with Gasteiger partial charge < -0.3 is 0 Å². The lowest BCUT2D eigenvalue weighted by Crippen LogP contribution is -1.97. The molecule has 0 aliphatic carbocycles. The molecule has 250 valence electrons. The molecule has 0 spiro atoms. The minimum atomic E-state index is 0.646. The maximum Gasteiger partial charge on any atom is 0.187 e. The van der Waals surface area contributed by atoms with Gasteiger partial charge in [-0.2, -0.15) is 0 Å². The molecule has 10 aromatic rings. The van der Waals surface area contributed by atoms with Gasteiger partial charge in [-0.3, -0.25) is 0 Å². The van der Waals surface area contributed by atoms with Crippen molar-refractivity contribution in [2.45, 2.75) is 0 Å². The van der Waals surface area contributed by atoms with E-state index in [1.165, 1.54) is 27.1 Å². The topological polar surface area (TPSA) is 30.1 Å². The quantitative estimate of drug-likeness (QED) is 0.133. The molecule has 3 nitrogen and oxygen atoms in total. The lowest BCUT2D eigenvalue weighted by molar-refractivity contribution is 1.30. The third-order valence-corrected chi connectivity index (χ3v) is 10.5. The van der Waals surface area contributed by atoms with Gasteiger partial charge in [0.25, 0.3) is 0 Å². The van der Waals surface area contributed by atoms with E-state index in [1.807, 2.05) is 48.5 Å². The van der Waals surface area contributed by atoms with E-state index in [2.05, 4.69) is 144 Å². The number of rotatable bonds is 5. The molecule has 0 atom stereocenters. The maximum absolute atomic E-state index is 7.27. The molecule has 9 aromatic carbocycles. The third kappa shape index (κ3) is 5.37. The van der Waals surface area contributed by atoms with Crippen LogP contribution in [0.15, 0.2) is 188 Å². The number of para-hydroxylation sites is 2. The number of benzene rings is 9. The molecule has 0 amide bonds. The molecule has 1 aromatic heterocycles. The molecule has 0 N–H and O–H groups in total. The molecule has 0 saturated carbocycles. The molecule has 1 heterocycles. The summed E-state index contributed by atoms with van der Waals surface area (Å²) in [5.74, 6) is 0. The highest BCUT2D eigenvalue weighted by Gasteiger charge is 2.18. The van der Waals surface area contributed by atoms with E-state index in [4.69, 9.17) is 16.5 Å². The molecule has 0 radical (unpaired) electrons. The maximum atomic E-state index is 7.27. The van der Waals surface area contributed by atoms with Crippen LogP contribution >= 0.6 is 0 Å². The first-order chi connectivity index (χ1) is 26.7. The largest absolute Gasteiger partial charge is 0.244 e. The first kappa shape index (κ1) is 31.3. The van der Waals surface area contributed by atoms with Crippen molar-refractivity contribution in [1.29, 1.82) is 0 Å². The Morgan fingerprint density at radius 2 is 0.852 bits per heavy atom. The molecule has 0 aliphatic heterocycles. The van der Waals surface area contributed by atoms with Gasteiger partial charge in [0.1, 0.15) is 0 Å². The van der Waals surface area contributed by atoms with Crippen LogP contribution in [0.3, 0.4) is 0 Å². The predicted molar refractivity (Wildman–Crippen MR) is 225 cm³/mol. The zero-order valence-electron chi connectivity index (χ0n) is 29.2. The standard InChI is InChI=1S/C51H31N3/c1-52-39-27-25-34(26-28-39)33-21-23-35(24-22-33)41-29-30-46(44-17-6-4-16-43(41)44)51-50(53-48-19-8-9-20-49(48)54-51)38-13-10-12-36(31-38)47-32-37-11-2-3-14-40(37)42-15-5-7-18-45(42)47/h2-32H. The zero-order chi connectivity index (χ0) is 36.0. The van der Waals surface area contributed by atoms with Gasteiger partial charge in [-0.25, -0.2) is 14.8 Å². The van der Waals surface area contributed by atoms with Crippen molar-refractivity contribution in [2.24, 2.45) is 0 Å². The van der Waals surface area contributed by atoms with Crippen LogP contribution < -0.4 is 0 Å². The van der Waals surface area contributed by atoms with Crippen molar-refractivity contribution in [2.75, 3.05) is 0 Å². The lowest BCUT2D eigenvalue weighted by Gasteiger charge is -2.16. The molecule has 0 fully saturated rings. The van der Waals surface area contributed by atoms with Gasteiger partial charge in [-0.1, -0.05) is 164 Å². The van der Waals surface area contributed by atoms with E-state index in [1.54, 1.807) is 0 Å². The zero-order valence-corrected chi connectivity index (χ0v) is 29.2. The van der Waals surface area contributed by atoms with Crippen LogP contribution in [0, 0.1) is 6.57 Å². The van der Waals surface area contributed by atoms with E-state index in [0.29, 0.717) is 5.69 Å². The summed E-state index contributed by atoms with van der Waals surface area (Å²) >= 11 is 0. The summed E-state index contributed by atoms with van der Waals surface area (Å²) in [5, 5.41) is 7.23. The van der Waals surface area contributed by atoms with E-state index in [0.717, 1.165) is 72.1 Å². The number of nitrogens with zero attached hydrogens (tertiary/aromatic N) is 3. The second kappa shape index (κ2) is 13.0. The van der Waals surface area contributed by atoms with Crippen molar-refractivity contribution in [3.05, 3.63) is 199 Å². The molecule has 0 aliphatic rings. The van der Waals surface area contributed by atoms with Crippen molar-refractivity contribution < 1.29 is 0 Å². The summed E-state index contributed by atoms with van der Waals surface area (Å²) in [6.07, 6.45) is 0. The van der Waals surface area contributed by atoms with Gasteiger partial charge in [0.2, 0.25) is 0 Å². The summed E-state index contributed by atoms with van der Waals surface area (Å²) in [4.78, 5) is 14.2. The van der Waals surface area contributed by atoms with Crippen molar-refractivity contribution in [3.8, 4) is 55.9 Å². The summed E-state index contributed by atoms with van der Waals surface area (Å²) in [6, 6.07) is 66.0. The van der Waals surface area contributed by atoms with Gasteiger partial charge >= 0.3 is 0 Å². The average molecular weight is 686 g/mol. The molecule has 0 saturated heterocycles. The Morgan fingerprint density at radius 1 is 0.333 bits per heavy atom. The summed E-state index contributed by atoms with van der Waals surface area (Å²) in [5.41, 5.74) is 13.0. The molecular formula is C51H31N3. The van der Waals surface area contributed by atoms with Gasteiger partial charge in [-0.05, 0) is 90.0 Å². The highest BCUT2D eigenvalue weighted by molar-refractivity contribution is 6.14. The highest BCUT2D eigenvalue weighted by Crippen LogP contribution is 2.41. The average Bonchev–Trinajstić information content (AvgIpc) is 3.25. The molecule has 3 heteroatoms. The van der Waals surface area contributed by atoms with Crippen LogP contribution in [-0.2, 0) is 0 Å². The third-order valence-electron chi connectivity index (χ3n) is 10.5. The van der Waals surface area contributed by atoms with Gasteiger partial charge in [0.15, 0.2) is 5.69 Å². The minimum Gasteiger partial charge on any atom is -0.244 e. The fourth-order valence-corrected chi connectivity index (χ4v) is 7.84. The number of aromatic nitrogens is 2. The fraction of sp³-hybridized carbons (Fsp3) is 0. The van der Waals surface area contributed by atoms with Crippen LogP contribution in [0.2, 0.25) is 0 Å². The van der Waals surface area contributed by atoms with Crippen molar-refractivity contribution >= 4 is 49.0 Å². The van der Waals surface area contributed by atoms with Gasteiger partial charge in [0, 0.05) is 11.1 Å². The fourth-order valence-electron chi connectivity index (χ4n) is 7.84.